The average Bonchev–Trinajstić information content (AvgIpc) is 2.61. The number of benzene rings is 2. The van der Waals surface area contributed by atoms with E-state index in [1.54, 1.807) is 24.4 Å². The Hall–Kier alpha value is -3.01. The van der Waals surface area contributed by atoms with Gasteiger partial charge in [-0.2, -0.15) is 0 Å². The minimum atomic E-state index is -0.288. The number of hydrogen-bond donors (Lipinski definition) is 1. The van der Waals surface area contributed by atoms with Crippen molar-refractivity contribution in [2.24, 2.45) is 0 Å². The van der Waals surface area contributed by atoms with Crippen molar-refractivity contribution in [3.63, 3.8) is 0 Å². The Balaban J connectivity index is 1.80. The first-order chi connectivity index (χ1) is 11.6. The number of nitrogens with one attached hydrogen (secondary N) is 1. The van der Waals surface area contributed by atoms with Crippen molar-refractivity contribution in [3.8, 4) is 11.3 Å². The quantitative estimate of drug-likeness (QED) is 0.785. The molecule has 1 aromatic heterocycles. The van der Waals surface area contributed by atoms with Gasteiger partial charge in [-0.3, -0.25) is 9.78 Å². The molecule has 3 aromatic rings. The summed E-state index contributed by atoms with van der Waals surface area (Å²) in [6.45, 7) is 2.26. The minimum absolute atomic E-state index is 0.123. The van der Waals surface area contributed by atoms with E-state index in [0.717, 1.165) is 22.4 Å². The molecule has 4 heteroatoms. The van der Waals surface area contributed by atoms with E-state index < -0.39 is 0 Å². The van der Waals surface area contributed by atoms with Crippen molar-refractivity contribution in [1.82, 2.24) is 10.3 Å². The molecule has 0 atom stereocenters. The van der Waals surface area contributed by atoms with Gasteiger partial charge >= 0.3 is 0 Å². The number of hydrogen-bond acceptors (Lipinski definition) is 2. The molecule has 0 aliphatic carbocycles. The first-order valence-electron chi connectivity index (χ1n) is 7.69. The summed E-state index contributed by atoms with van der Waals surface area (Å²) in [6.07, 6.45) is 1.69. The van der Waals surface area contributed by atoms with Crippen LogP contribution in [0.25, 0.3) is 11.3 Å². The smallest absolute Gasteiger partial charge is 0.251 e. The number of carbonyl (C=O) groups is 1. The molecule has 1 heterocycles. The van der Waals surface area contributed by atoms with Crippen molar-refractivity contribution in [2.75, 3.05) is 0 Å². The summed E-state index contributed by atoms with van der Waals surface area (Å²) in [6, 6.07) is 17.4. The molecule has 24 heavy (non-hydrogen) atoms. The Morgan fingerprint density at radius 1 is 1.04 bits per heavy atom. The van der Waals surface area contributed by atoms with Crippen LogP contribution in [0.4, 0.5) is 4.39 Å². The number of nitrogens with zero attached hydrogens (tertiary/aromatic N) is 1. The molecule has 120 valence electrons. The molecule has 0 saturated carbocycles. The van der Waals surface area contributed by atoms with Crippen molar-refractivity contribution >= 4 is 5.91 Å². The summed E-state index contributed by atoms with van der Waals surface area (Å²) >= 11 is 0. The van der Waals surface area contributed by atoms with Crippen molar-refractivity contribution < 1.29 is 9.18 Å². The topological polar surface area (TPSA) is 42.0 Å². The number of pyridine rings is 1. The fraction of sp³-hybridized carbons (Fsp3) is 0.100. The fourth-order valence-electron chi connectivity index (χ4n) is 2.55. The molecule has 0 fully saturated rings. The van der Waals surface area contributed by atoms with Gasteiger partial charge in [-0.1, -0.05) is 24.3 Å². The van der Waals surface area contributed by atoms with Gasteiger partial charge in [-0.05, 0) is 54.4 Å². The van der Waals surface area contributed by atoms with Crippen LogP contribution in [0.15, 0.2) is 66.9 Å². The van der Waals surface area contributed by atoms with E-state index in [1.165, 1.54) is 12.1 Å². The molecule has 0 unspecified atom stereocenters. The summed E-state index contributed by atoms with van der Waals surface area (Å²) in [7, 11) is 0. The predicted molar refractivity (Wildman–Crippen MR) is 92.0 cm³/mol. The third-order valence-corrected chi connectivity index (χ3v) is 3.84. The van der Waals surface area contributed by atoms with Crippen LogP contribution >= 0.6 is 0 Å². The Kier molecular flexibility index (Phi) is 4.66. The second-order valence-corrected chi connectivity index (χ2v) is 5.52. The van der Waals surface area contributed by atoms with Crippen LogP contribution in [0.1, 0.15) is 21.5 Å². The van der Waals surface area contributed by atoms with E-state index in [4.69, 9.17) is 0 Å². The van der Waals surface area contributed by atoms with Crippen molar-refractivity contribution in [2.45, 2.75) is 13.5 Å². The minimum Gasteiger partial charge on any atom is -0.348 e. The van der Waals surface area contributed by atoms with Crippen LogP contribution in [-0.2, 0) is 6.54 Å². The lowest BCUT2D eigenvalue weighted by atomic mass is 10.1. The average molecular weight is 320 g/mol. The van der Waals surface area contributed by atoms with Crippen LogP contribution < -0.4 is 5.32 Å². The monoisotopic (exact) mass is 320 g/mol. The molecular weight excluding hydrogens is 303 g/mol. The van der Waals surface area contributed by atoms with Crippen LogP contribution in [0, 0.1) is 12.7 Å². The number of aryl methyl sites for hydroxylation is 1. The number of carbonyl (C=O) groups excluding carboxylic acids is 1. The maximum Gasteiger partial charge on any atom is 0.251 e. The molecule has 0 radical (unpaired) electrons. The van der Waals surface area contributed by atoms with Gasteiger partial charge in [-0.25, -0.2) is 4.39 Å². The molecule has 0 aliphatic heterocycles. The predicted octanol–water partition coefficient (Wildman–Crippen LogP) is 4.13. The normalized spacial score (nSPS) is 10.4. The van der Waals surface area contributed by atoms with Crippen molar-refractivity contribution in [3.05, 3.63) is 89.4 Å². The fourth-order valence-corrected chi connectivity index (χ4v) is 2.55. The van der Waals surface area contributed by atoms with E-state index >= 15 is 0 Å². The zero-order valence-electron chi connectivity index (χ0n) is 13.3. The van der Waals surface area contributed by atoms with E-state index in [2.05, 4.69) is 10.3 Å². The number of amides is 1. The van der Waals surface area contributed by atoms with E-state index in [-0.39, 0.29) is 11.7 Å². The molecular formula is C20H17FN2O. The number of aromatic nitrogens is 1. The van der Waals surface area contributed by atoms with Crippen LogP contribution in [-0.4, -0.2) is 10.9 Å². The first kappa shape index (κ1) is 15.9. The summed E-state index contributed by atoms with van der Waals surface area (Å²) in [4.78, 5) is 16.7. The molecule has 3 rings (SSSR count). The van der Waals surface area contributed by atoms with Crippen LogP contribution in [0.2, 0.25) is 0 Å². The summed E-state index contributed by atoms with van der Waals surface area (Å²) in [5.74, 6) is -0.411. The lowest BCUT2D eigenvalue weighted by Crippen LogP contribution is -2.24. The zero-order valence-corrected chi connectivity index (χ0v) is 13.3. The molecule has 3 nitrogen and oxygen atoms in total. The third-order valence-electron chi connectivity index (χ3n) is 3.84. The Morgan fingerprint density at radius 3 is 2.54 bits per heavy atom. The van der Waals surface area contributed by atoms with Gasteiger partial charge in [0.15, 0.2) is 0 Å². The van der Waals surface area contributed by atoms with Gasteiger partial charge in [0.2, 0.25) is 0 Å². The highest BCUT2D eigenvalue weighted by atomic mass is 19.1. The molecule has 1 N–H and O–H groups in total. The largest absolute Gasteiger partial charge is 0.348 e. The van der Waals surface area contributed by atoms with Crippen LogP contribution in [0.5, 0.6) is 0 Å². The Morgan fingerprint density at radius 2 is 1.79 bits per heavy atom. The zero-order chi connectivity index (χ0) is 16.9. The third kappa shape index (κ3) is 3.49. The van der Waals surface area contributed by atoms with Gasteiger partial charge < -0.3 is 5.32 Å². The summed E-state index contributed by atoms with van der Waals surface area (Å²) in [5.41, 5.74) is 4.02. The van der Waals surface area contributed by atoms with Crippen LogP contribution in [0.3, 0.4) is 0 Å². The van der Waals surface area contributed by atoms with Gasteiger partial charge in [0.1, 0.15) is 5.82 Å². The summed E-state index contributed by atoms with van der Waals surface area (Å²) in [5, 5.41) is 2.92. The highest BCUT2D eigenvalue weighted by molar-refractivity contribution is 5.95. The van der Waals surface area contributed by atoms with E-state index in [0.29, 0.717) is 12.1 Å². The van der Waals surface area contributed by atoms with Gasteiger partial charge in [0, 0.05) is 23.9 Å². The Labute approximate surface area is 140 Å². The SMILES string of the molecule is Cc1ccccc1C(=O)NCc1cccnc1-c1ccc(F)cc1. The molecule has 1 amide bonds. The van der Waals surface area contributed by atoms with Crippen molar-refractivity contribution in [1.29, 1.82) is 0 Å². The second-order valence-electron chi connectivity index (χ2n) is 5.52. The first-order valence-corrected chi connectivity index (χ1v) is 7.69. The highest BCUT2D eigenvalue weighted by Gasteiger charge is 2.11. The molecule has 0 aliphatic rings. The lowest BCUT2D eigenvalue weighted by molar-refractivity contribution is 0.0950. The van der Waals surface area contributed by atoms with Gasteiger partial charge in [0.25, 0.3) is 5.91 Å². The molecule has 0 saturated heterocycles. The standard InChI is InChI=1S/C20H17FN2O/c1-14-5-2-3-7-18(14)20(24)23-13-16-6-4-12-22-19(16)15-8-10-17(21)11-9-15/h2-12H,13H2,1H3,(H,23,24). The van der Waals surface area contributed by atoms with Gasteiger partial charge in [0.05, 0.1) is 5.69 Å². The molecule has 0 bridgehead atoms. The summed E-state index contributed by atoms with van der Waals surface area (Å²) < 4.78 is 13.1. The molecule has 2 aromatic carbocycles. The highest BCUT2D eigenvalue weighted by Crippen LogP contribution is 2.21. The maximum atomic E-state index is 13.1. The lowest BCUT2D eigenvalue weighted by Gasteiger charge is -2.11. The number of rotatable bonds is 4. The Bertz CT molecular complexity index is 860. The van der Waals surface area contributed by atoms with E-state index in [1.807, 2.05) is 37.3 Å². The number of halogens is 1. The second kappa shape index (κ2) is 7.04. The van der Waals surface area contributed by atoms with E-state index in [9.17, 15) is 9.18 Å². The molecule has 0 spiro atoms. The van der Waals surface area contributed by atoms with Gasteiger partial charge in [-0.15, -0.1) is 0 Å². The maximum absolute atomic E-state index is 13.1.